The van der Waals surface area contributed by atoms with Crippen LogP contribution in [0.1, 0.15) is 112 Å². The number of esters is 1. The molecule has 0 bridgehead atoms. The predicted octanol–water partition coefficient (Wildman–Crippen LogP) is 7.17. The molecule has 4 aliphatic carbocycles. The molecule has 5 rings (SSSR count). The summed E-state index contributed by atoms with van der Waals surface area (Å²) >= 11 is 0. The molecule has 0 N–H and O–H groups in total. The van der Waals surface area contributed by atoms with Gasteiger partial charge in [-0.15, -0.1) is 0 Å². The van der Waals surface area contributed by atoms with Crippen LogP contribution in [0.2, 0.25) is 0 Å². The molecule has 3 heteroatoms. The van der Waals surface area contributed by atoms with Crippen molar-refractivity contribution in [3.63, 3.8) is 0 Å². The van der Waals surface area contributed by atoms with Crippen molar-refractivity contribution < 1.29 is 14.3 Å². The number of fused-ring (bicyclic) bond motifs is 4. The summed E-state index contributed by atoms with van der Waals surface area (Å²) in [5.74, 6) is 5.08. The van der Waals surface area contributed by atoms with Gasteiger partial charge in [-0.25, -0.2) is 0 Å². The zero-order valence-electron chi connectivity index (χ0n) is 21.6. The highest BCUT2D eigenvalue weighted by Gasteiger charge is 2.76. The molecule has 0 amide bonds. The zero-order valence-corrected chi connectivity index (χ0v) is 21.6. The monoisotopic (exact) mass is 444 g/mol. The lowest BCUT2D eigenvalue weighted by atomic mass is 9.44. The Balaban J connectivity index is 1.30. The topological polar surface area (TPSA) is 38.8 Å². The standard InChI is InChI=1S/C29H48O3/c1-18(2)8-7-9-19(3)22-10-11-23-21-12-17-29-26(32-29)25(31-20(4)30)14-16-28(29,6)24(21)13-15-27(22,23)5/h18-19,21-26H,7-17H2,1-6H3/t19-,21+,22-,23+,24+,25?,26-,27-,28-,29-/m1/s1. The van der Waals surface area contributed by atoms with E-state index in [-0.39, 0.29) is 29.2 Å². The summed E-state index contributed by atoms with van der Waals surface area (Å²) in [6.45, 7) is 14.1. The van der Waals surface area contributed by atoms with Gasteiger partial charge < -0.3 is 9.47 Å². The van der Waals surface area contributed by atoms with Crippen LogP contribution in [-0.2, 0) is 14.3 Å². The molecular weight excluding hydrogens is 396 g/mol. The van der Waals surface area contributed by atoms with Crippen LogP contribution in [0.3, 0.4) is 0 Å². The maximum absolute atomic E-state index is 11.6. The Hall–Kier alpha value is -0.570. The highest BCUT2D eigenvalue weighted by atomic mass is 16.6. The Morgan fingerprint density at radius 2 is 1.75 bits per heavy atom. The number of hydrogen-bond donors (Lipinski definition) is 0. The van der Waals surface area contributed by atoms with Crippen molar-refractivity contribution >= 4 is 5.97 Å². The van der Waals surface area contributed by atoms with Crippen molar-refractivity contribution in [2.45, 2.75) is 130 Å². The molecule has 32 heavy (non-hydrogen) atoms. The number of epoxide rings is 1. The Bertz CT molecular complexity index is 732. The van der Waals surface area contributed by atoms with Gasteiger partial charge in [0.2, 0.25) is 0 Å². The second kappa shape index (κ2) is 7.99. The van der Waals surface area contributed by atoms with Gasteiger partial charge in [-0.1, -0.05) is 53.9 Å². The van der Waals surface area contributed by atoms with E-state index in [1.165, 1.54) is 64.2 Å². The Kier molecular flexibility index (Phi) is 5.79. The van der Waals surface area contributed by atoms with Gasteiger partial charge in [-0.2, -0.15) is 0 Å². The average molecular weight is 445 g/mol. The minimum atomic E-state index is -0.147. The van der Waals surface area contributed by atoms with E-state index in [2.05, 4.69) is 34.6 Å². The van der Waals surface area contributed by atoms with E-state index in [4.69, 9.17) is 9.47 Å². The first-order valence-electron chi connectivity index (χ1n) is 14.0. The minimum absolute atomic E-state index is 0.00240. The van der Waals surface area contributed by atoms with E-state index in [0.717, 1.165) is 41.9 Å². The molecule has 3 nitrogen and oxygen atoms in total. The molecule has 10 atom stereocenters. The summed E-state index contributed by atoms with van der Waals surface area (Å²) in [7, 11) is 0. The fraction of sp³-hybridized carbons (Fsp3) is 0.966. The van der Waals surface area contributed by atoms with Gasteiger partial charge in [0.25, 0.3) is 0 Å². The summed E-state index contributed by atoms with van der Waals surface area (Å²) in [6, 6.07) is 0. The zero-order chi connectivity index (χ0) is 22.9. The fourth-order valence-electron chi connectivity index (χ4n) is 10.0. The molecular formula is C29H48O3. The normalized spacial score (nSPS) is 50.1. The number of rotatable bonds is 6. The third kappa shape index (κ3) is 3.34. The van der Waals surface area contributed by atoms with Crippen LogP contribution < -0.4 is 0 Å². The van der Waals surface area contributed by atoms with Crippen molar-refractivity contribution in [3.8, 4) is 0 Å². The van der Waals surface area contributed by atoms with Crippen molar-refractivity contribution in [2.24, 2.45) is 46.3 Å². The molecule has 1 heterocycles. The van der Waals surface area contributed by atoms with Crippen LogP contribution in [0, 0.1) is 46.3 Å². The first kappa shape index (κ1) is 23.2. The third-order valence-corrected chi connectivity index (χ3v) is 11.6. The van der Waals surface area contributed by atoms with Gasteiger partial charge in [0, 0.05) is 12.3 Å². The van der Waals surface area contributed by atoms with Gasteiger partial charge in [-0.3, -0.25) is 4.79 Å². The summed E-state index contributed by atoms with van der Waals surface area (Å²) in [6.07, 6.45) is 14.8. The van der Waals surface area contributed by atoms with E-state index >= 15 is 0 Å². The lowest BCUT2D eigenvalue weighted by Gasteiger charge is -2.60. The summed E-state index contributed by atoms with van der Waals surface area (Å²) < 4.78 is 12.2. The maximum Gasteiger partial charge on any atom is 0.302 e. The second-order valence-electron chi connectivity index (χ2n) is 13.5. The van der Waals surface area contributed by atoms with Crippen molar-refractivity contribution in [2.75, 3.05) is 0 Å². The number of ether oxygens (including phenoxy) is 2. The van der Waals surface area contributed by atoms with Crippen LogP contribution in [0.4, 0.5) is 0 Å². The molecule has 0 radical (unpaired) electrons. The molecule has 1 unspecified atom stereocenters. The number of carbonyl (C=O) groups excluding carboxylic acids is 1. The molecule has 1 saturated heterocycles. The highest BCUT2D eigenvalue weighted by molar-refractivity contribution is 5.66. The van der Waals surface area contributed by atoms with Gasteiger partial charge in [0.1, 0.15) is 17.8 Å². The summed E-state index contributed by atoms with van der Waals surface area (Å²) in [5.41, 5.74) is 0.833. The van der Waals surface area contributed by atoms with E-state index in [1.54, 1.807) is 6.92 Å². The average Bonchev–Trinajstić information content (AvgIpc) is 3.36. The van der Waals surface area contributed by atoms with Crippen molar-refractivity contribution in [1.29, 1.82) is 0 Å². The summed E-state index contributed by atoms with van der Waals surface area (Å²) in [5, 5.41) is 0. The Morgan fingerprint density at radius 1 is 0.969 bits per heavy atom. The van der Waals surface area contributed by atoms with E-state index in [0.29, 0.717) is 5.41 Å². The molecule has 0 aromatic carbocycles. The molecule has 1 spiro atoms. The van der Waals surface area contributed by atoms with Crippen LogP contribution in [0.25, 0.3) is 0 Å². The molecule has 182 valence electrons. The van der Waals surface area contributed by atoms with E-state index in [9.17, 15) is 4.79 Å². The van der Waals surface area contributed by atoms with Crippen LogP contribution >= 0.6 is 0 Å². The van der Waals surface area contributed by atoms with Gasteiger partial charge in [0.05, 0.1) is 0 Å². The second-order valence-corrected chi connectivity index (χ2v) is 13.5. The van der Waals surface area contributed by atoms with E-state index < -0.39 is 0 Å². The molecule has 5 aliphatic rings. The minimum Gasteiger partial charge on any atom is -0.460 e. The maximum atomic E-state index is 11.6. The van der Waals surface area contributed by atoms with Crippen LogP contribution in [0.15, 0.2) is 0 Å². The van der Waals surface area contributed by atoms with Gasteiger partial charge in [0.15, 0.2) is 0 Å². The van der Waals surface area contributed by atoms with Crippen LogP contribution in [-0.4, -0.2) is 23.8 Å². The van der Waals surface area contributed by atoms with Crippen molar-refractivity contribution in [1.82, 2.24) is 0 Å². The number of hydrogen-bond acceptors (Lipinski definition) is 3. The quantitative estimate of drug-likeness (QED) is 0.322. The third-order valence-electron chi connectivity index (χ3n) is 11.6. The van der Waals surface area contributed by atoms with E-state index in [1.807, 2.05) is 0 Å². The number of carbonyl (C=O) groups is 1. The predicted molar refractivity (Wildman–Crippen MR) is 128 cm³/mol. The molecule has 5 fully saturated rings. The lowest BCUT2D eigenvalue weighted by molar-refractivity contribution is -0.152. The first-order chi connectivity index (χ1) is 15.1. The van der Waals surface area contributed by atoms with Gasteiger partial charge >= 0.3 is 5.97 Å². The molecule has 0 aromatic rings. The largest absolute Gasteiger partial charge is 0.460 e. The molecule has 1 aliphatic heterocycles. The molecule has 4 saturated carbocycles. The Labute approximate surface area is 196 Å². The Morgan fingerprint density at radius 3 is 2.47 bits per heavy atom. The lowest BCUT2D eigenvalue weighted by Crippen LogP contribution is -2.59. The SMILES string of the molecule is CC(=O)OC1CC[C@]2(C)[C@H]3CC[C@]4(C)[C@@H]([C@H](C)CCCC(C)C)CC[C@H]4[C@@H]3CC[C@]23O[C@H]13. The van der Waals surface area contributed by atoms with Crippen molar-refractivity contribution in [3.05, 3.63) is 0 Å². The van der Waals surface area contributed by atoms with Crippen LogP contribution in [0.5, 0.6) is 0 Å². The highest BCUT2D eigenvalue weighted by Crippen LogP contribution is 2.73. The molecule has 0 aromatic heterocycles. The first-order valence-corrected chi connectivity index (χ1v) is 14.0. The van der Waals surface area contributed by atoms with Gasteiger partial charge in [-0.05, 0) is 92.3 Å². The fourth-order valence-corrected chi connectivity index (χ4v) is 10.0. The smallest absolute Gasteiger partial charge is 0.302 e. The summed E-state index contributed by atoms with van der Waals surface area (Å²) in [4.78, 5) is 11.6.